The molecule has 2 atom stereocenters. The van der Waals surface area contributed by atoms with Gasteiger partial charge in [-0.05, 0) is 13.8 Å². The third-order valence-electron chi connectivity index (χ3n) is 3.79. The Morgan fingerprint density at radius 2 is 1.90 bits per heavy atom. The zero-order valence-corrected chi connectivity index (χ0v) is 12.2. The quantitative estimate of drug-likeness (QED) is 0.699. The second-order valence-electron chi connectivity index (χ2n) is 5.16. The number of nitrogens with one attached hydrogen (secondary N) is 2. The van der Waals surface area contributed by atoms with Crippen molar-refractivity contribution in [2.24, 2.45) is 0 Å². The molecular formula is C13H24N4O3. The number of morpholine rings is 1. The van der Waals surface area contributed by atoms with Crippen LogP contribution in [0.25, 0.3) is 0 Å². The highest BCUT2D eigenvalue weighted by Gasteiger charge is 2.33. The highest BCUT2D eigenvalue weighted by molar-refractivity contribution is 5.83. The van der Waals surface area contributed by atoms with E-state index >= 15 is 0 Å². The van der Waals surface area contributed by atoms with Crippen LogP contribution in [-0.4, -0.2) is 79.8 Å². The zero-order valence-electron chi connectivity index (χ0n) is 12.2. The average molecular weight is 284 g/mol. The fourth-order valence-corrected chi connectivity index (χ4v) is 2.60. The topological polar surface area (TPSA) is 73.9 Å². The Labute approximate surface area is 119 Å². The third-order valence-corrected chi connectivity index (χ3v) is 3.79. The minimum absolute atomic E-state index is 0.0490. The van der Waals surface area contributed by atoms with E-state index in [0.29, 0.717) is 45.9 Å². The predicted molar refractivity (Wildman–Crippen MR) is 74.4 cm³/mol. The number of urea groups is 1. The number of nitrogens with zero attached hydrogens (tertiary/aromatic N) is 2. The second kappa shape index (κ2) is 6.90. The molecule has 0 aromatic heterocycles. The van der Waals surface area contributed by atoms with Gasteiger partial charge in [0.05, 0.1) is 12.7 Å². The lowest BCUT2D eigenvalue weighted by Crippen LogP contribution is -2.60. The summed E-state index contributed by atoms with van der Waals surface area (Å²) in [5, 5.41) is 5.99. The normalized spacial score (nSPS) is 27.3. The Morgan fingerprint density at radius 3 is 2.50 bits per heavy atom. The number of carbonyl (C=O) groups excluding carboxylic acids is 2. The van der Waals surface area contributed by atoms with E-state index < -0.39 is 0 Å². The number of carbonyl (C=O) groups is 2. The lowest BCUT2D eigenvalue weighted by atomic mass is 10.1. The number of amides is 3. The molecule has 2 heterocycles. The van der Waals surface area contributed by atoms with Crippen molar-refractivity contribution in [3.05, 3.63) is 0 Å². The van der Waals surface area contributed by atoms with E-state index in [0.717, 1.165) is 0 Å². The molecular weight excluding hydrogens is 260 g/mol. The molecule has 0 unspecified atom stereocenters. The number of rotatable bonds is 2. The Balaban J connectivity index is 1.83. The van der Waals surface area contributed by atoms with E-state index in [9.17, 15) is 9.59 Å². The molecule has 2 aliphatic heterocycles. The Hall–Kier alpha value is -1.34. The summed E-state index contributed by atoms with van der Waals surface area (Å²) in [7, 11) is 0. The van der Waals surface area contributed by atoms with E-state index in [-0.39, 0.29) is 24.1 Å². The fourth-order valence-electron chi connectivity index (χ4n) is 2.60. The largest absolute Gasteiger partial charge is 0.375 e. The SMILES string of the molecule is CCNC(=O)N1CCN(C(=O)[C@H]2NCCO[C@@H]2C)CC1. The molecule has 20 heavy (non-hydrogen) atoms. The minimum atomic E-state index is -0.264. The van der Waals surface area contributed by atoms with Gasteiger partial charge in [-0.15, -0.1) is 0 Å². The number of hydrogen-bond acceptors (Lipinski definition) is 4. The Morgan fingerprint density at radius 1 is 1.25 bits per heavy atom. The van der Waals surface area contributed by atoms with Crippen LogP contribution in [0.5, 0.6) is 0 Å². The first-order chi connectivity index (χ1) is 9.63. The summed E-state index contributed by atoms with van der Waals surface area (Å²) in [6.45, 7) is 8.13. The van der Waals surface area contributed by atoms with Gasteiger partial charge in [0, 0.05) is 39.3 Å². The molecule has 0 saturated carbocycles. The van der Waals surface area contributed by atoms with E-state index in [1.54, 1.807) is 4.90 Å². The molecule has 0 radical (unpaired) electrons. The van der Waals surface area contributed by atoms with Crippen LogP contribution in [0, 0.1) is 0 Å². The first kappa shape index (κ1) is 15.1. The number of hydrogen-bond donors (Lipinski definition) is 2. The van der Waals surface area contributed by atoms with Crippen LogP contribution in [0.2, 0.25) is 0 Å². The number of ether oxygens (including phenoxy) is 1. The van der Waals surface area contributed by atoms with Crippen molar-refractivity contribution in [3.63, 3.8) is 0 Å². The first-order valence-corrected chi connectivity index (χ1v) is 7.30. The van der Waals surface area contributed by atoms with Crippen molar-refractivity contribution in [2.75, 3.05) is 45.9 Å². The van der Waals surface area contributed by atoms with Gasteiger partial charge < -0.3 is 25.2 Å². The number of piperazine rings is 1. The fraction of sp³-hybridized carbons (Fsp3) is 0.846. The molecule has 0 aromatic rings. The van der Waals surface area contributed by atoms with Crippen LogP contribution in [-0.2, 0) is 9.53 Å². The van der Waals surface area contributed by atoms with Gasteiger partial charge >= 0.3 is 6.03 Å². The van der Waals surface area contributed by atoms with Crippen molar-refractivity contribution in [1.29, 1.82) is 0 Å². The summed E-state index contributed by atoms with van der Waals surface area (Å²) >= 11 is 0. The Bertz CT molecular complexity index is 356. The summed E-state index contributed by atoms with van der Waals surface area (Å²) in [6.07, 6.45) is -0.0994. The highest BCUT2D eigenvalue weighted by atomic mass is 16.5. The highest BCUT2D eigenvalue weighted by Crippen LogP contribution is 2.10. The van der Waals surface area contributed by atoms with Crippen molar-refractivity contribution in [3.8, 4) is 0 Å². The van der Waals surface area contributed by atoms with Crippen LogP contribution in [0.15, 0.2) is 0 Å². The average Bonchev–Trinajstić information content (AvgIpc) is 2.47. The maximum atomic E-state index is 12.4. The van der Waals surface area contributed by atoms with E-state index in [1.165, 1.54) is 0 Å². The summed E-state index contributed by atoms with van der Waals surface area (Å²) in [4.78, 5) is 27.7. The van der Waals surface area contributed by atoms with Gasteiger partial charge in [0.2, 0.25) is 5.91 Å². The van der Waals surface area contributed by atoms with E-state index in [4.69, 9.17) is 4.74 Å². The smallest absolute Gasteiger partial charge is 0.317 e. The molecule has 2 rings (SSSR count). The zero-order chi connectivity index (χ0) is 14.5. The van der Waals surface area contributed by atoms with Crippen molar-refractivity contribution in [1.82, 2.24) is 20.4 Å². The van der Waals surface area contributed by atoms with Crippen LogP contribution in [0.4, 0.5) is 4.79 Å². The first-order valence-electron chi connectivity index (χ1n) is 7.30. The van der Waals surface area contributed by atoms with Crippen LogP contribution >= 0.6 is 0 Å². The molecule has 0 bridgehead atoms. The molecule has 7 heteroatoms. The molecule has 114 valence electrons. The molecule has 0 aromatic carbocycles. The molecule has 2 fully saturated rings. The summed E-state index contributed by atoms with van der Waals surface area (Å²) in [5.41, 5.74) is 0. The van der Waals surface area contributed by atoms with Gasteiger partial charge in [0.15, 0.2) is 0 Å². The van der Waals surface area contributed by atoms with Crippen LogP contribution in [0.1, 0.15) is 13.8 Å². The summed E-state index contributed by atoms with van der Waals surface area (Å²) in [5.74, 6) is 0.0766. The van der Waals surface area contributed by atoms with Gasteiger partial charge in [-0.3, -0.25) is 4.79 Å². The predicted octanol–water partition coefficient (Wildman–Crippen LogP) is -0.763. The standard InChI is InChI=1S/C13H24N4O3/c1-3-14-13(19)17-7-5-16(6-8-17)12(18)11-10(2)20-9-4-15-11/h10-11,15H,3-9H2,1-2H3,(H,14,19)/t10-,11+/m1/s1. The molecule has 0 aliphatic carbocycles. The van der Waals surface area contributed by atoms with Crippen molar-refractivity contribution >= 4 is 11.9 Å². The molecule has 2 aliphatic rings. The van der Waals surface area contributed by atoms with Gasteiger partial charge in [-0.1, -0.05) is 0 Å². The maximum absolute atomic E-state index is 12.4. The molecule has 3 amide bonds. The lowest BCUT2D eigenvalue weighted by Gasteiger charge is -2.38. The van der Waals surface area contributed by atoms with Crippen LogP contribution in [0.3, 0.4) is 0 Å². The summed E-state index contributed by atoms with van der Waals surface area (Å²) < 4.78 is 5.51. The van der Waals surface area contributed by atoms with Gasteiger partial charge in [0.1, 0.15) is 6.04 Å². The minimum Gasteiger partial charge on any atom is -0.375 e. The third kappa shape index (κ3) is 3.40. The molecule has 2 saturated heterocycles. The van der Waals surface area contributed by atoms with Crippen molar-refractivity contribution < 1.29 is 14.3 Å². The lowest BCUT2D eigenvalue weighted by molar-refractivity contribution is -0.140. The molecule has 7 nitrogen and oxygen atoms in total. The van der Waals surface area contributed by atoms with Gasteiger partial charge in [-0.25, -0.2) is 4.79 Å². The van der Waals surface area contributed by atoms with Crippen molar-refractivity contribution in [2.45, 2.75) is 26.0 Å². The molecule has 2 N–H and O–H groups in total. The van der Waals surface area contributed by atoms with E-state index in [1.807, 2.05) is 18.7 Å². The maximum Gasteiger partial charge on any atom is 0.317 e. The van der Waals surface area contributed by atoms with Crippen LogP contribution < -0.4 is 10.6 Å². The van der Waals surface area contributed by atoms with Gasteiger partial charge in [0.25, 0.3) is 0 Å². The summed E-state index contributed by atoms with van der Waals surface area (Å²) in [6, 6.07) is -0.313. The molecule has 0 spiro atoms. The second-order valence-corrected chi connectivity index (χ2v) is 5.16. The monoisotopic (exact) mass is 284 g/mol. The van der Waals surface area contributed by atoms with E-state index in [2.05, 4.69) is 10.6 Å². The van der Waals surface area contributed by atoms with Gasteiger partial charge in [-0.2, -0.15) is 0 Å². The Kier molecular flexibility index (Phi) is 5.19.